The summed E-state index contributed by atoms with van der Waals surface area (Å²) >= 11 is 0. The molecule has 0 aromatic heterocycles. The summed E-state index contributed by atoms with van der Waals surface area (Å²) in [6.07, 6.45) is 6.74. The molecular formula is C26H40OSi2. The van der Waals surface area contributed by atoms with Gasteiger partial charge >= 0.3 is 0 Å². The lowest BCUT2D eigenvalue weighted by molar-refractivity contribution is 0.0123. The van der Waals surface area contributed by atoms with Gasteiger partial charge in [-0.25, -0.2) is 0 Å². The SMILES string of the molecule is CC(C)C(O[Si](C)(C)c1ccccc1)(C1CCCCC1)[Si](C)(C)c1ccccc1. The monoisotopic (exact) mass is 424 g/mol. The molecule has 1 fully saturated rings. The van der Waals surface area contributed by atoms with Gasteiger partial charge in [-0.05, 0) is 43.0 Å². The molecule has 3 heteroatoms. The van der Waals surface area contributed by atoms with E-state index in [2.05, 4.69) is 101 Å². The zero-order valence-electron chi connectivity index (χ0n) is 19.4. The van der Waals surface area contributed by atoms with Crippen molar-refractivity contribution in [1.82, 2.24) is 0 Å². The largest absolute Gasteiger partial charge is 0.409 e. The summed E-state index contributed by atoms with van der Waals surface area (Å²) in [5.74, 6) is 1.16. The van der Waals surface area contributed by atoms with Crippen molar-refractivity contribution in [2.45, 2.75) is 77.4 Å². The van der Waals surface area contributed by atoms with E-state index in [0.717, 1.165) is 0 Å². The number of benzene rings is 2. The molecule has 158 valence electrons. The average Bonchev–Trinajstić information content (AvgIpc) is 2.73. The van der Waals surface area contributed by atoms with E-state index < -0.39 is 16.4 Å². The normalized spacial score (nSPS) is 18.6. The Morgan fingerprint density at radius 2 is 1.24 bits per heavy atom. The van der Waals surface area contributed by atoms with E-state index in [1.54, 1.807) is 0 Å². The van der Waals surface area contributed by atoms with E-state index in [0.29, 0.717) is 11.8 Å². The van der Waals surface area contributed by atoms with Crippen molar-refractivity contribution >= 4 is 26.8 Å². The van der Waals surface area contributed by atoms with E-state index >= 15 is 0 Å². The fourth-order valence-corrected chi connectivity index (χ4v) is 14.3. The third-order valence-corrected chi connectivity index (χ3v) is 15.0. The van der Waals surface area contributed by atoms with Crippen LogP contribution in [-0.2, 0) is 4.43 Å². The van der Waals surface area contributed by atoms with Gasteiger partial charge in [0.1, 0.15) is 8.07 Å². The highest BCUT2D eigenvalue weighted by molar-refractivity contribution is 6.93. The van der Waals surface area contributed by atoms with Crippen molar-refractivity contribution in [3.63, 3.8) is 0 Å². The molecule has 0 N–H and O–H groups in total. The van der Waals surface area contributed by atoms with Gasteiger partial charge in [-0.2, -0.15) is 0 Å². The highest BCUT2D eigenvalue weighted by Crippen LogP contribution is 2.47. The first kappa shape index (κ1) is 22.5. The molecular weight excluding hydrogens is 384 g/mol. The highest BCUT2D eigenvalue weighted by Gasteiger charge is 2.57. The Balaban J connectivity index is 2.14. The Hall–Kier alpha value is -1.17. The standard InChI is InChI=1S/C26H40OSi2/c1-22(2)26(23-16-10-7-11-17-23,28(3,4)24-18-12-8-13-19-24)27-29(5,6)25-20-14-9-15-21-25/h8-9,12-15,18-23H,7,10-11,16-17H2,1-6H3. The molecule has 0 saturated heterocycles. The van der Waals surface area contributed by atoms with E-state index in [1.165, 1.54) is 42.5 Å². The lowest BCUT2D eigenvalue weighted by Crippen LogP contribution is -2.73. The van der Waals surface area contributed by atoms with E-state index in [-0.39, 0.29) is 5.22 Å². The lowest BCUT2D eigenvalue weighted by Gasteiger charge is -2.57. The van der Waals surface area contributed by atoms with Crippen LogP contribution in [0.1, 0.15) is 46.0 Å². The predicted molar refractivity (Wildman–Crippen MR) is 132 cm³/mol. The molecule has 29 heavy (non-hydrogen) atoms. The summed E-state index contributed by atoms with van der Waals surface area (Å²) in [5.41, 5.74) is 0. The van der Waals surface area contributed by atoms with Crippen molar-refractivity contribution in [1.29, 1.82) is 0 Å². The van der Waals surface area contributed by atoms with Crippen LogP contribution in [0.5, 0.6) is 0 Å². The molecule has 1 aliphatic carbocycles. The molecule has 2 aromatic rings. The summed E-state index contributed by atoms with van der Waals surface area (Å²) < 4.78 is 7.63. The summed E-state index contributed by atoms with van der Waals surface area (Å²) in [7, 11) is -4.01. The summed E-state index contributed by atoms with van der Waals surface area (Å²) in [6, 6.07) is 22.4. The fourth-order valence-electron chi connectivity index (χ4n) is 5.96. The van der Waals surface area contributed by atoms with Gasteiger partial charge < -0.3 is 4.43 Å². The second-order valence-electron chi connectivity index (χ2n) is 10.3. The molecule has 0 spiro atoms. The van der Waals surface area contributed by atoms with Gasteiger partial charge in [0.25, 0.3) is 0 Å². The van der Waals surface area contributed by atoms with Crippen molar-refractivity contribution in [2.24, 2.45) is 11.8 Å². The van der Waals surface area contributed by atoms with E-state index in [1.807, 2.05) is 0 Å². The van der Waals surface area contributed by atoms with Crippen LogP contribution in [0, 0.1) is 11.8 Å². The molecule has 1 nitrogen and oxygen atoms in total. The van der Waals surface area contributed by atoms with Gasteiger partial charge in [0.2, 0.25) is 8.32 Å². The lowest BCUT2D eigenvalue weighted by atomic mass is 9.80. The third kappa shape index (κ3) is 4.33. The first-order chi connectivity index (χ1) is 13.7. The van der Waals surface area contributed by atoms with Gasteiger partial charge in [-0.15, -0.1) is 0 Å². The zero-order valence-corrected chi connectivity index (χ0v) is 21.4. The number of rotatable bonds is 7. The van der Waals surface area contributed by atoms with Crippen LogP contribution in [-0.4, -0.2) is 21.6 Å². The second kappa shape index (κ2) is 8.91. The van der Waals surface area contributed by atoms with Crippen LogP contribution < -0.4 is 10.4 Å². The van der Waals surface area contributed by atoms with Crippen LogP contribution in [0.2, 0.25) is 26.2 Å². The third-order valence-electron chi connectivity index (χ3n) is 7.43. The molecule has 1 saturated carbocycles. The van der Waals surface area contributed by atoms with Crippen LogP contribution >= 0.6 is 0 Å². The first-order valence-corrected chi connectivity index (χ1v) is 17.4. The second-order valence-corrected chi connectivity index (χ2v) is 18.7. The van der Waals surface area contributed by atoms with E-state index in [9.17, 15) is 0 Å². The quantitative estimate of drug-likeness (QED) is 0.478. The van der Waals surface area contributed by atoms with Gasteiger partial charge in [-0.1, -0.05) is 112 Å². The minimum atomic E-state index is -2.07. The Bertz CT molecular complexity index is 764. The van der Waals surface area contributed by atoms with Gasteiger partial charge in [0.15, 0.2) is 0 Å². The molecule has 0 aliphatic heterocycles. The maximum atomic E-state index is 7.63. The minimum Gasteiger partial charge on any atom is -0.409 e. The van der Waals surface area contributed by atoms with Gasteiger partial charge in [0.05, 0.1) is 5.22 Å². The maximum absolute atomic E-state index is 7.63. The van der Waals surface area contributed by atoms with Gasteiger partial charge in [0, 0.05) is 0 Å². The molecule has 0 bridgehead atoms. The summed E-state index contributed by atoms with van der Waals surface area (Å²) in [5, 5.41) is 2.91. The smallest absolute Gasteiger partial charge is 0.218 e. The average molecular weight is 425 g/mol. The Morgan fingerprint density at radius 3 is 1.72 bits per heavy atom. The first-order valence-electron chi connectivity index (χ1n) is 11.5. The Labute approximate surface area is 181 Å². The fraction of sp³-hybridized carbons (Fsp3) is 0.538. The van der Waals surface area contributed by atoms with Crippen molar-refractivity contribution in [3.8, 4) is 0 Å². The van der Waals surface area contributed by atoms with E-state index in [4.69, 9.17) is 4.43 Å². The van der Waals surface area contributed by atoms with Crippen LogP contribution in [0.3, 0.4) is 0 Å². The van der Waals surface area contributed by atoms with Crippen molar-refractivity contribution in [2.75, 3.05) is 0 Å². The molecule has 1 unspecified atom stereocenters. The molecule has 0 amide bonds. The van der Waals surface area contributed by atoms with Gasteiger partial charge in [-0.3, -0.25) is 0 Å². The zero-order chi connectivity index (χ0) is 21.1. The number of hydrogen-bond acceptors (Lipinski definition) is 1. The molecule has 0 heterocycles. The molecule has 3 rings (SSSR count). The maximum Gasteiger partial charge on any atom is 0.218 e. The molecule has 0 radical (unpaired) electrons. The topological polar surface area (TPSA) is 9.23 Å². The Kier molecular flexibility index (Phi) is 6.92. The summed E-state index contributed by atoms with van der Waals surface area (Å²) in [4.78, 5) is 0. The molecule has 2 aromatic carbocycles. The van der Waals surface area contributed by atoms with Crippen molar-refractivity contribution < 1.29 is 4.43 Å². The predicted octanol–water partition coefficient (Wildman–Crippen LogP) is 6.25. The minimum absolute atomic E-state index is 0.0413. The molecule has 1 atom stereocenters. The van der Waals surface area contributed by atoms with Crippen LogP contribution in [0.15, 0.2) is 60.7 Å². The number of hydrogen-bond donors (Lipinski definition) is 0. The summed E-state index contributed by atoms with van der Waals surface area (Å²) in [6.45, 7) is 14.8. The Morgan fingerprint density at radius 1 is 0.759 bits per heavy atom. The molecule has 1 aliphatic rings. The van der Waals surface area contributed by atoms with Crippen molar-refractivity contribution in [3.05, 3.63) is 60.7 Å². The van der Waals surface area contributed by atoms with Crippen LogP contribution in [0.4, 0.5) is 0 Å². The van der Waals surface area contributed by atoms with Crippen LogP contribution in [0.25, 0.3) is 0 Å². The highest BCUT2D eigenvalue weighted by atomic mass is 28.4.